The lowest BCUT2D eigenvalue weighted by Gasteiger charge is -2.46. The van der Waals surface area contributed by atoms with Crippen LogP contribution in [0, 0.1) is 12.7 Å². The second kappa shape index (κ2) is 6.97. The van der Waals surface area contributed by atoms with Crippen LogP contribution in [0.3, 0.4) is 0 Å². The van der Waals surface area contributed by atoms with E-state index in [1.54, 1.807) is 24.7 Å². The van der Waals surface area contributed by atoms with Gasteiger partial charge < -0.3 is 4.74 Å². The minimum atomic E-state index is -0.314. The molecule has 0 amide bonds. The van der Waals surface area contributed by atoms with Crippen LogP contribution in [-0.2, 0) is 0 Å². The van der Waals surface area contributed by atoms with Gasteiger partial charge in [-0.2, -0.15) is 0 Å². The van der Waals surface area contributed by atoms with E-state index < -0.39 is 0 Å². The van der Waals surface area contributed by atoms with Crippen LogP contribution in [0.25, 0.3) is 0 Å². The van der Waals surface area contributed by atoms with E-state index in [-0.39, 0.29) is 16.5 Å². The number of rotatable bonds is 5. The summed E-state index contributed by atoms with van der Waals surface area (Å²) in [5.74, 6) is 0.895. The zero-order chi connectivity index (χ0) is 19.8. The lowest BCUT2D eigenvalue weighted by molar-refractivity contribution is -0.746. The van der Waals surface area contributed by atoms with Crippen LogP contribution in [0.5, 0.6) is 11.5 Å². The Kier molecular flexibility index (Phi) is 4.28. The van der Waals surface area contributed by atoms with Crippen LogP contribution < -0.4 is 9.75 Å². The molecule has 0 N–H and O–H groups in total. The number of allylic oxidation sites excluding steroid dienone is 1. The van der Waals surface area contributed by atoms with Gasteiger partial charge in [-0.25, -0.2) is 14.4 Å². The number of hydrogen-bond donors (Lipinski definition) is 0. The Morgan fingerprint density at radius 1 is 1.14 bits per heavy atom. The molecule has 2 aromatic carbocycles. The number of aryl methyl sites for hydroxylation is 1. The summed E-state index contributed by atoms with van der Waals surface area (Å²) < 4.78 is 21.5. The molecule has 0 bridgehead atoms. The molecule has 29 heavy (non-hydrogen) atoms. The van der Waals surface area contributed by atoms with Crippen molar-refractivity contribution >= 4 is 18.2 Å². The molecule has 146 valence electrons. The summed E-state index contributed by atoms with van der Waals surface area (Å²) >= 11 is 0. The van der Waals surface area contributed by atoms with E-state index in [0.717, 1.165) is 36.3 Å². The number of halogens is 1. The van der Waals surface area contributed by atoms with Gasteiger partial charge in [0.2, 0.25) is 12.0 Å². The third kappa shape index (κ3) is 2.96. The first-order valence-corrected chi connectivity index (χ1v) is 9.84. The Hall–Kier alpha value is -3.25. The molecule has 1 atom stereocenters. The fraction of sp³-hybridized carbons (Fsp3) is 0.217. The number of fused-ring (bicyclic) bond motifs is 1. The van der Waals surface area contributed by atoms with Gasteiger partial charge in [-0.05, 0) is 49.9 Å². The van der Waals surface area contributed by atoms with Crippen molar-refractivity contribution in [2.24, 2.45) is 9.98 Å². The van der Waals surface area contributed by atoms with Gasteiger partial charge in [-0.15, -0.1) is 4.59 Å². The largest absolute Gasteiger partial charge is 0.457 e. The Morgan fingerprint density at radius 3 is 2.76 bits per heavy atom. The summed E-state index contributed by atoms with van der Waals surface area (Å²) in [6.45, 7) is 1.97. The average molecular weight is 389 g/mol. The van der Waals surface area contributed by atoms with E-state index >= 15 is 4.39 Å². The summed E-state index contributed by atoms with van der Waals surface area (Å²) in [5, 5.41) is 2.10. The van der Waals surface area contributed by atoms with Crippen LogP contribution in [-0.4, -0.2) is 23.2 Å². The highest BCUT2D eigenvalue weighted by Gasteiger charge is 2.47. The molecular formula is C23H22FN4O+. The zero-order valence-corrected chi connectivity index (χ0v) is 16.2. The summed E-state index contributed by atoms with van der Waals surface area (Å²) in [6.07, 6.45) is 12.3. The summed E-state index contributed by atoms with van der Waals surface area (Å²) in [6, 6.07) is 13.0. The Bertz CT molecular complexity index is 1070. The summed E-state index contributed by atoms with van der Waals surface area (Å²) in [5.41, 5.74) is 2.44. The van der Waals surface area contributed by atoms with Crippen molar-refractivity contribution in [3.8, 4) is 11.5 Å². The number of ether oxygens (including phenoxy) is 1. The lowest BCUT2D eigenvalue weighted by atomic mass is 9.91. The third-order valence-electron chi connectivity index (χ3n) is 5.71. The molecule has 0 aromatic heterocycles. The van der Waals surface area contributed by atoms with Crippen LogP contribution in [0.1, 0.15) is 24.8 Å². The highest BCUT2D eigenvalue weighted by atomic mass is 19.1. The van der Waals surface area contributed by atoms with Crippen LogP contribution in [0.2, 0.25) is 0 Å². The highest BCUT2D eigenvalue weighted by molar-refractivity contribution is 5.82. The van der Waals surface area contributed by atoms with Gasteiger partial charge in [-0.1, -0.05) is 18.2 Å². The monoisotopic (exact) mass is 389 g/mol. The van der Waals surface area contributed by atoms with Gasteiger partial charge in [-0.3, -0.25) is 4.99 Å². The molecule has 5 rings (SSSR count). The van der Waals surface area contributed by atoms with E-state index in [2.05, 4.69) is 15.0 Å². The fourth-order valence-corrected chi connectivity index (χ4v) is 3.94. The highest BCUT2D eigenvalue weighted by Crippen LogP contribution is 2.41. The first kappa shape index (κ1) is 17.8. The molecule has 0 radical (unpaired) electrons. The number of aliphatic imine (C=N–C) groups is 2. The molecule has 6 heteroatoms. The predicted octanol–water partition coefficient (Wildman–Crippen LogP) is 5.46. The second-order valence-corrected chi connectivity index (χ2v) is 7.54. The number of para-hydroxylation sites is 1. The van der Waals surface area contributed by atoms with Crippen LogP contribution >= 0.6 is 0 Å². The summed E-state index contributed by atoms with van der Waals surface area (Å²) in [7, 11) is 0. The first-order chi connectivity index (χ1) is 14.2. The maximum Gasteiger partial charge on any atom is 0.225 e. The molecule has 2 aliphatic heterocycles. The quantitative estimate of drug-likeness (QED) is 0.637. The molecule has 5 nitrogen and oxygen atoms in total. The lowest BCUT2D eigenvalue weighted by Crippen LogP contribution is -2.61. The smallest absolute Gasteiger partial charge is 0.225 e. The number of anilines is 1. The normalized spacial score (nSPS) is 22.2. The second-order valence-electron chi connectivity index (χ2n) is 7.54. The molecular weight excluding hydrogens is 367 g/mol. The predicted molar refractivity (Wildman–Crippen MR) is 112 cm³/mol. The van der Waals surface area contributed by atoms with Crippen LogP contribution in [0.15, 0.2) is 76.7 Å². The molecule has 1 unspecified atom stereocenters. The zero-order valence-electron chi connectivity index (χ0n) is 16.2. The van der Waals surface area contributed by atoms with Gasteiger partial charge in [0.05, 0.1) is 24.7 Å². The molecule has 1 saturated carbocycles. The van der Waals surface area contributed by atoms with Crippen molar-refractivity contribution in [1.82, 2.24) is 0 Å². The van der Waals surface area contributed by atoms with E-state index in [1.165, 1.54) is 6.07 Å². The number of benzene rings is 2. The van der Waals surface area contributed by atoms with Gasteiger partial charge in [0.15, 0.2) is 12.0 Å². The number of hydrogen-bond acceptors (Lipinski definition) is 4. The minimum Gasteiger partial charge on any atom is -0.457 e. The first-order valence-electron chi connectivity index (χ1n) is 9.84. The topological polar surface area (TPSA) is 37.2 Å². The fourth-order valence-electron chi connectivity index (χ4n) is 3.94. The molecule has 1 aliphatic carbocycles. The maximum absolute atomic E-state index is 15.4. The number of quaternary nitrogens is 1. The SMILES string of the molecule is Cc1ccccc1Oc1ccc(N(C2CCC2)[N+]23C=CN=CC2=CN=C3)c(F)c1. The van der Waals surface area contributed by atoms with Gasteiger partial charge in [0, 0.05) is 6.07 Å². The minimum absolute atomic E-state index is 0.233. The third-order valence-corrected chi connectivity index (χ3v) is 5.71. The van der Waals surface area contributed by atoms with Crippen molar-refractivity contribution in [3.05, 3.63) is 78.1 Å². The Balaban J connectivity index is 1.52. The van der Waals surface area contributed by atoms with E-state index in [1.807, 2.05) is 49.8 Å². The Morgan fingerprint density at radius 2 is 2.00 bits per heavy atom. The van der Waals surface area contributed by atoms with Gasteiger partial charge in [0.1, 0.15) is 17.2 Å². The van der Waals surface area contributed by atoms with Gasteiger partial charge >= 0.3 is 0 Å². The molecule has 3 aliphatic rings. The van der Waals surface area contributed by atoms with E-state index in [0.29, 0.717) is 11.4 Å². The molecule has 2 heterocycles. The molecule has 0 spiro atoms. The number of nitrogens with zero attached hydrogens (tertiary/aromatic N) is 4. The van der Waals surface area contributed by atoms with E-state index in [4.69, 9.17) is 4.74 Å². The van der Waals surface area contributed by atoms with Crippen molar-refractivity contribution < 1.29 is 13.7 Å². The van der Waals surface area contributed by atoms with E-state index in [9.17, 15) is 0 Å². The standard InChI is InChI=1S/C23H22FN4O/c1-17-5-2-3-8-23(17)29-20-9-10-22(21(24)13-20)27(18-6-4-7-18)28-12-11-25-14-19(28)15-26-16-28/h2-3,5,8-16,18H,4,6-7H2,1H3/q+1. The Labute approximate surface area is 169 Å². The maximum atomic E-state index is 15.4. The molecule has 2 aromatic rings. The average Bonchev–Trinajstić information content (AvgIpc) is 3.12. The summed E-state index contributed by atoms with van der Waals surface area (Å²) in [4.78, 5) is 8.58. The van der Waals surface area contributed by atoms with Crippen molar-refractivity contribution in [3.63, 3.8) is 0 Å². The van der Waals surface area contributed by atoms with Crippen molar-refractivity contribution in [1.29, 1.82) is 0 Å². The van der Waals surface area contributed by atoms with Crippen molar-refractivity contribution in [2.45, 2.75) is 32.2 Å². The van der Waals surface area contributed by atoms with Crippen LogP contribution in [0.4, 0.5) is 10.1 Å². The molecule has 0 saturated heterocycles. The van der Waals surface area contributed by atoms with Crippen molar-refractivity contribution in [2.75, 3.05) is 5.01 Å². The van der Waals surface area contributed by atoms with Gasteiger partial charge in [0.25, 0.3) is 0 Å². The molecule has 1 fully saturated rings.